The first-order valence-electron chi connectivity index (χ1n) is 9.01. The molecule has 1 N–H and O–H groups in total. The van der Waals surface area contributed by atoms with Crippen molar-refractivity contribution >= 4 is 41.7 Å². The lowest BCUT2D eigenvalue weighted by Crippen LogP contribution is -2.49. The zero-order valence-corrected chi connectivity index (χ0v) is 19.5. The summed E-state index contributed by atoms with van der Waals surface area (Å²) in [4.78, 5) is 7.34. The van der Waals surface area contributed by atoms with E-state index in [1.807, 2.05) is 13.8 Å². The number of aryl methyl sites for hydroxylation is 2. The minimum absolute atomic E-state index is 0. The molecule has 0 aliphatic carbocycles. The van der Waals surface area contributed by atoms with Crippen LogP contribution in [0.25, 0.3) is 0 Å². The van der Waals surface area contributed by atoms with E-state index in [4.69, 9.17) is 9.52 Å². The van der Waals surface area contributed by atoms with Crippen LogP contribution in [-0.4, -0.2) is 53.2 Å². The molecular formula is C18H33IN4OS. The van der Waals surface area contributed by atoms with E-state index in [0.717, 1.165) is 43.6 Å². The van der Waals surface area contributed by atoms with E-state index < -0.39 is 0 Å². The summed E-state index contributed by atoms with van der Waals surface area (Å²) in [5, 5.41) is 8.22. The molecule has 2 atom stereocenters. The molecular weight excluding hydrogens is 447 g/mol. The van der Waals surface area contributed by atoms with E-state index in [0.29, 0.717) is 17.1 Å². The number of guanidine groups is 1. The van der Waals surface area contributed by atoms with E-state index in [-0.39, 0.29) is 24.0 Å². The Balaban J connectivity index is 0.00000312. The van der Waals surface area contributed by atoms with Gasteiger partial charge in [0.1, 0.15) is 5.76 Å². The maximum Gasteiger partial charge on any atom is 0.193 e. The molecule has 2 rings (SSSR count). The van der Waals surface area contributed by atoms with Crippen molar-refractivity contribution in [3.63, 3.8) is 0 Å². The Morgan fingerprint density at radius 2 is 2.12 bits per heavy atom. The highest BCUT2D eigenvalue weighted by Crippen LogP contribution is 2.26. The molecule has 2 heterocycles. The van der Waals surface area contributed by atoms with Gasteiger partial charge in [0.25, 0.3) is 0 Å². The highest BCUT2D eigenvalue weighted by atomic mass is 127. The van der Waals surface area contributed by atoms with Crippen LogP contribution in [-0.2, 0) is 0 Å². The maximum absolute atomic E-state index is 5.30. The molecule has 0 saturated carbocycles. The normalized spacial score (nSPS) is 19.7. The number of hydrogen-bond acceptors (Lipinski definition) is 4. The fourth-order valence-electron chi connectivity index (χ4n) is 3.21. The second-order valence-electron chi connectivity index (χ2n) is 6.93. The topological polar surface area (TPSA) is 53.7 Å². The maximum atomic E-state index is 5.30. The predicted octanol–water partition coefficient (Wildman–Crippen LogP) is 4.05. The van der Waals surface area contributed by atoms with Crippen LogP contribution in [0, 0.1) is 19.8 Å². The average molecular weight is 480 g/mol. The summed E-state index contributed by atoms with van der Waals surface area (Å²) in [6.07, 6.45) is 0. The number of hydrogen-bond donors (Lipinski definition) is 1. The van der Waals surface area contributed by atoms with Crippen molar-refractivity contribution in [3.8, 4) is 0 Å². The van der Waals surface area contributed by atoms with Crippen LogP contribution in [0.3, 0.4) is 0 Å². The molecule has 1 fully saturated rings. The van der Waals surface area contributed by atoms with Crippen LogP contribution in [0.4, 0.5) is 0 Å². The van der Waals surface area contributed by atoms with Gasteiger partial charge in [0.05, 0.1) is 5.69 Å². The Kier molecular flexibility index (Phi) is 9.62. The van der Waals surface area contributed by atoms with Crippen LogP contribution in [0.15, 0.2) is 9.52 Å². The van der Waals surface area contributed by atoms with E-state index in [2.05, 4.69) is 54.8 Å². The fraction of sp³-hybridized carbons (Fsp3) is 0.778. The van der Waals surface area contributed by atoms with Crippen molar-refractivity contribution in [1.29, 1.82) is 0 Å². The summed E-state index contributed by atoms with van der Waals surface area (Å²) in [6, 6.07) is 0. The first-order valence-corrected chi connectivity index (χ1v) is 10.1. The third-order valence-corrected chi connectivity index (χ3v) is 6.11. The standard InChI is InChI=1S/C18H32N4OS.HI/c1-7-19-18(22-8-9-24-16(11-22)12(2)3)20-10-13(4)17-14(5)21-23-15(17)6;/h12-13,16H,7-11H2,1-6H3,(H,19,20);1H. The van der Waals surface area contributed by atoms with Gasteiger partial charge in [-0.3, -0.25) is 4.99 Å². The first kappa shape index (κ1) is 22.6. The van der Waals surface area contributed by atoms with Gasteiger partial charge in [-0.15, -0.1) is 24.0 Å². The molecule has 5 nitrogen and oxygen atoms in total. The molecule has 7 heteroatoms. The van der Waals surface area contributed by atoms with Gasteiger partial charge in [-0.05, 0) is 26.7 Å². The van der Waals surface area contributed by atoms with E-state index in [1.54, 1.807) is 0 Å². The monoisotopic (exact) mass is 480 g/mol. The van der Waals surface area contributed by atoms with E-state index in [9.17, 15) is 0 Å². The molecule has 1 aromatic heterocycles. The minimum atomic E-state index is 0. The molecule has 2 unspecified atom stereocenters. The molecule has 1 aliphatic heterocycles. The first-order chi connectivity index (χ1) is 11.4. The minimum Gasteiger partial charge on any atom is -0.361 e. The molecule has 25 heavy (non-hydrogen) atoms. The van der Waals surface area contributed by atoms with Crippen LogP contribution in [0.1, 0.15) is 50.6 Å². The largest absolute Gasteiger partial charge is 0.361 e. The Bertz CT molecular complexity index is 542. The number of thioether (sulfide) groups is 1. The van der Waals surface area contributed by atoms with Gasteiger partial charge in [-0.25, -0.2) is 0 Å². The SMILES string of the molecule is CCNC(=NCC(C)c1c(C)noc1C)N1CCSC(C(C)C)C1.I. The van der Waals surface area contributed by atoms with Crippen molar-refractivity contribution in [3.05, 3.63) is 17.0 Å². The zero-order valence-electron chi connectivity index (χ0n) is 16.3. The summed E-state index contributed by atoms with van der Waals surface area (Å²) in [5.74, 6) is 4.13. The second kappa shape index (κ2) is 10.6. The Morgan fingerprint density at radius 3 is 2.68 bits per heavy atom. The number of rotatable bonds is 5. The molecule has 1 aromatic rings. The molecule has 0 amide bonds. The fourth-order valence-corrected chi connectivity index (χ4v) is 4.50. The van der Waals surface area contributed by atoms with Crippen LogP contribution in [0.5, 0.6) is 0 Å². The smallest absolute Gasteiger partial charge is 0.193 e. The average Bonchev–Trinajstić information content (AvgIpc) is 2.90. The Morgan fingerprint density at radius 1 is 1.40 bits per heavy atom. The summed E-state index contributed by atoms with van der Waals surface area (Å²) in [7, 11) is 0. The zero-order chi connectivity index (χ0) is 17.7. The summed E-state index contributed by atoms with van der Waals surface area (Å²) < 4.78 is 5.30. The molecule has 0 spiro atoms. The lowest BCUT2D eigenvalue weighted by Gasteiger charge is -2.36. The van der Waals surface area contributed by atoms with Crippen molar-refractivity contribution in [1.82, 2.24) is 15.4 Å². The Hall–Kier alpha value is -0.440. The van der Waals surface area contributed by atoms with Gasteiger partial charge in [-0.1, -0.05) is 25.9 Å². The molecule has 0 aromatic carbocycles. The lowest BCUT2D eigenvalue weighted by molar-refractivity contribution is 0.380. The highest BCUT2D eigenvalue weighted by molar-refractivity contribution is 14.0. The van der Waals surface area contributed by atoms with Gasteiger partial charge in [0.2, 0.25) is 0 Å². The van der Waals surface area contributed by atoms with Gasteiger partial charge in [0, 0.05) is 48.7 Å². The van der Waals surface area contributed by atoms with Crippen molar-refractivity contribution in [2.24, 2.45) is 10.9 Å². The van der Waals surface area contributed by atoms with Crippen molar-refractivity contribution < 1.29 is 4.52 Å². The molecule has 1 aliphatic rings. The molecule has 1 saturated heterocycles. The van der Waals surface area contributed by atoms with E-state index in [1.165, 1.54) is 11.3 Å². The van der Waals surface area contributed by atoms with E-state index >= 15 is 0 Å². The number of halogens is 1. The van der Waals surface area contributed by atoms with Crippen molar-refractivity contribution in [2.75, 3.05) is 31.9 Å². The summed E-state index contributed by atoms with van der Waals surface area (Å²) >= 11 is 2.09. The number of nitrogens with one attached hydrogen (secondary N) is 1. The quantitative estimate of drug-likeness (QED) is 0.392. The third-order valence-electron chi connectivity index (χ3n) is 4.57. The third kappa shape index (κ3) is 6.05. The van der Waals surface area contributed by atoms with Crippen LogP contribution < -0.4 is 5.32 Å². The van der Waals surface area contributed by atoms with Gasteiger partial charge < -0.3 is 14.7 Å². The second-order valence-corrected chi connectivity index (χ2v) is 8.28. The number of aromatic nitrogens is 1. The lowest BCUT2D eigenvalue weighted by atomic mass is 10.00. The van der Waals surface area contributed by atoms with Gasteiger partial charge in [-0.2, -0.15) is 11.8 Å². The summed E-state index contributed by atoms with van der Waals surface area (Å²) in [6.45, 7) is 16.7. The number of aliphatic imine (C=N–C) groups is 1. The number of nitrogens with zero attached hydrogens (tertiary/aromatic N) is 3. The van der Waals surface area contributed by atoms with Crippen LogP contribution >= 0.6 is 35.7 Å². The highest BCUT2D eigenvalue weighted by Gasteiger charge is 2.25. The molecule has 0 bridgehead atoms. The van der Waals surface area contributed by atoms with Crippen LogP contribution in [0.2, 0.25) is 0 Å². The molecule has 0 radical (unpaired) electrons. The van der Waals surface area contributed by atoms with Gasteiger partial charge in [0.15, 0.2) is 5.96 Å². The molecule has 144 valence electrons. The summed E-state index contributed by atoms with van der Waals surface area (Å²) in [5.41, 5.74) is 2.18. The van der Waals surface area contributed by atoms with Gasteiger partial charge >= 0.3 is 0 Å². The Labute approximate surface area is 173 Å². The predicted molar refractivity (Wildman–Crippen MR) is 118 cm³/mol. The van der Waals surface area contributed by atoms with Crippen molar-refractivity contribution in [2.45, 2.75) is 52.7 Å².